The quantitative estimate of drug-likeness (QED) is 0.189. The molecule has 0 saturated heterocycles. The van der Waals surface area contributed by atoms with Crippen molar-refractivity contribution in [1.82, 2.24) is 0 Å². The van der Waals surface area contributed by atoms with Gasteiger partial charge in [-0.05, 0) is 112 Å². The average Bonchev–Trinajstić information content (AvgIpc) is 3.12. The molecule has 0 aromatic heterocycles. The number of rotatable bonds is 5. The molecule has 0 unspecified atom stereocenters. The topological polar surface area (TPSA) is 3.24 Å². The molecule has 226 valence electrons. The molecule has 0 saturated carbocycles. The molecule has 1 aliphatic heterocycles. The summed E-state index contributed by atoms with van der Waals surface area (Å²) < 4.78 is 0. The number of fused-ring (bicyclic) bond motifs is 2. The zero-order chi connectivity index (χ0) is 32.0. The van der Waals surface area contributed by atoms with Gasteiger partial charge in [0.1, 0.15) is 0 Å². The third kappa shape index (κ3) is 4.62. The standard InChI is InChI=1S/C46H37N/c1-32-16-10-12-22-39(32)46(40-23-13-11-17-33(40)2)41-24-14-15-25-44(41)47(43-28-26-37(30-34(43)3)35-18-6-4-7-19-35)45-29-27-38(31-42(45)46)36-20-8-5-9-21-36/h4-31H,1-3H3. The van der Waals surface area contributed by atoms with E-state index in [-0.39, 0.29) is 0 Å². The van der Waals surface area contributed by atoms with Crippen molar-refractivity contribution in [3.05, 3.63) is 209 Å². The van der Waals surface area contributed by atoms with Crippen LogP contribution in [-0.2, 0) is 5.41 Å². The molecule has 0 spiro atoms. The van der Waals surface area contributed by atoms with Gasteiger partial charge in [-0.3, -0.25) is 0 Å². The minimum absolute atomic E-state index is 0.540. The van der Waals surface area contributed by atoms with Gasteiger partial charge < -0.3 is 4.90 Å². The van der Waals surface area contributed by atoms with Gasteiger partial charge >= 0.3 is 0 Å². The number of benzene rings is 7. The summed E-state index contributed by atoms with van der Waals surface area (Å²) in [5.74, 6) is 0. The van der Waals surface area contributed by atoms with E-state index in [0.29, 0.717) is 0 Å². The molecular formula is C46H37N. The Morgan fingerprint density at radius 2 is 0.766 bits per heavy atom. The van der Waals surface area contributed by atoms with E-state index < -0.39 is 5.41 Å². The normalized spacial score (nSPS) is 13.1. The van der Waals surface area contributed by atoms with E-state index in [0.717, 1.165) is 0 Å². The first-order valence-electron chi connectivity index (χ1n) is 16.5. The van der Waals surface area contributed by atoms with Crippen molar-refractivity contribution in [2.75, 3.05) is 4.90 Å². The van der Waals surface area contributed by atoms with Crippen LogP contribution in [0, 0.1) is 20.8 Å². The molecule has 0 N–H and O–H groups in total. The maximum Gasteiger partial charge on any atom is 0.0747 e. The van der Waals surface area contributed by atoms with Crippen LogP contribution in [-0.4, -0.2) is 0 Å². The van der Waals surface area contributed by atoms with Gasteiger partial charge in [0.05, 0.1) is 16.8 Å². The van der Waals surface area contributed by atoms with Crippen molar-refractivity contribution >= 4 is 17.1 Å². The number of para-hydroxylation sites is 1. The molecule has 1 heteroatoms. The summed E-state index contributed by atoms with van der Waals surface area (Å²) in [6.07, 6.45) is 0. The van der Waals surface area contributed by atoms with Crippen molar-refractivity contribution in [2.24, 2.45) is 0 Å². The minimum atomic E-state index is -0.540. The molecule has 0 amide bonds. The summed E-state index contributed by atoms with van der Waals surface area (Å²) in [7, 11) is 0. The van der Waals surface area contributed by atoms with Crippen molar-refractivity contribution in [1.29, 1.82) is 0 Å². The predicted octanol–water partition coefficient (Wildman–Crippen LogP) is 12.1. The SMILES string of the molecule is Cc1cc(-c2ccccc2)ccc1N1c2ccccc2C(c2ccccc2C)(c2ccccc2C)c2cc(-c3ccccc3)ccc21. The lowest BCUT2D eigenvalue weighted by molar-refractivity contribution is 0.719. The fourth-order valence-corrected chi connectivity index (χ4v) is 7.79. The summed E-state index contributed by atoms with van der Waals surface area (Å²) in [4.78, 5) is 2.50. The number of aryl methyl sites for hydroxylation is 3. The van der Waals surface area contributed by atoms with E-state index in [4.69, 9.17) is 0 Å². The average molecular weight is 604 g/mol. The van der Waals surface area contributed by atoms with E-state index >= 15 is 0 Å². The Balaban J connectivity index is 1.49. The largest absolute Gasteiger partial charge is 0.310 e. The van der Waals surface area contributed by atoms with Crippen LogP contribution in [0.25, 0.3) is 22.3 Å². The minimum Gasteiger partial charge on any atom is -0.310 e. The van der Waals surface area contributed by atoms with Gasteiger partial charge in [-0.2, -0.15) is 0 Å². The van der Waals surface area contributed by atoms with Gasteiger partial charge in [0.15, 0.2) is 0 Å². The molecule has 7 aromatic rings. The second kappa shape index (κ2) is 11.6. The third-order valence-electron chi connectivity index (χ3n) is 9.94. The molecule has 1 heterocycles. The summed E-state index contributed by atoms with van der Waals surface area (Å²) in [5, 5.41) is 0. The molecule has 0 radical (unpaired) electrons. The Labute approximate surface area is 278 Å². The maximum absolute atomic E-state index is 2.50. The van der Waals surface area contributed by atoms with Gasteiger partial charge in [0, 0.05) is 5.69 Å². The summed E-state index contributed by atoms with van der Waals surface area (Å²) in [6, 6.07) is 62.4. The highest BCUT2D eigenvalue weighted by atomic mass is 15.2. The zero-order valence-electron chi connectivity index (χ0n) is 27.1. The lowest BCUT2D eigenvalue weighted by Gasteiger charge is -2.48. The zero-order valence-corrected chi connectivity index (χ0v) is 27.1. The maximum atomic E-state index is 2.50. The molecule has 47 heavy (non-hydrogen) atoms. The van der Waals surface area contributed by atoms with Gasteiger partial charge in [-0.25, -0.2) is 0 Å². The first kappa shape index (κ1) is 28.8. The van der Waals surface area contributed by atoms with Crippen molar-refractivity contribution in [3.8, 4) is 22.3 Å². The Morgan fingerprint density at radius 1 is 0.319 bits per heavy atom. The molecule has 1 aliphatic rings. The Bertz CT molecular complexity index is 2180. The summed E-state index contributed by atoms with van der Waals surface area (Å²) >= 11 is 0. The monoisotopic (exact) mass is 603 g/mol. The molecule has 8 rings (SSSR count). The fraction of sp³-hybridized carbons (Fsp3) is 0.0870. The first-order valence-corrected chi connectivity index (χ1v) is 16.5. The second-order valence-corrected chi connectivity index (χ2v) is 12.7. The van der Waals surface area contributed by atoms with Crippen LogP contribution < -0.4 is 4.90 Å². The highest BCUT2D eigenvalue weighted by Gasteiger charge is 2.48. The third-order valence-corrected chi connectivity index (χ3v) is 9.94. The van der Waals surface area contributed by atoms with Gasteiger partial charge in [0.2, 0.25) is 0 Å². The molecule has 7 aromatic carbocycles. The highest BCUT2D eigenvalue weighted by Crippen LogP contribution is 2.59. The Kier molecular flexibility index (Phi) is 7.11. The van der Waals surface area contributed by atoms with E-state index in [1.165, 1.54) is 78.3 Å². The van der Waals surface area contributed by atoms with Crippen LogP contribution in [0.15, 0.2) is 170 Å². The van der Waals surface area contributed by atoms with E-state index in [1.807, 2.05) is 0 Å². The van der Waals surface area contributed by atoms with Gasteiger partial charge in [0.25, 0.3) is 0 Å². The smallest absolute Gasteiger partial charge is 0.0747 e. The molecule has 0 fully saturated rings. The van der Waals surface area contributed by atoms with Crippen LogP contribution in [0.1, 0.15) is 38.9 Å². The Morgan fingerprint density at radius 3 is 1.32 bits per heavy atom. The first-order chi connectivity index (χ1) is 23.1. The van der Waals surface area contributed by atoms with Crippen molar-refractivity contribution in [2.45, 2.75) is 26.2 Å². The number of nitrogens with zero attached hydrogens (tertiary/aromatic N) is 1. The van der Waals surface area contributed by atoms with E-state index in [1.54, 1.807) is 0 Å². The lowest BCUT2D eigenvalue weighted by Crippen LogP contribution is -2.39. The van der Waals surface area contributed by atoms with Gasteiger partial charge in [-0.15, -0.1) is 0 Å². The van der Waals surface area contributed by atoms with Gasteiger partial charge in [-0.1, -0.05) is 140 Å². The van der Waals surface area contributed by atoms with Crippen LogP contribution in [0.3, 0.4) is 0 Å². The van der Waals surface area contributed by atoms with Crippen LogP contribution in [0.5, 0.6) is 0 Å². The second-order valence-electron chi connectivity index (χ2n) is 12.7. The predicted molar refractivity (Wildman–Crippen MR) is 198 cm³/mol. The van der Waals surface area contributed by atoms with E-state index in [9.17, 15) is 0 Å². The molecule has 0 atom stereocenters. The van der Waals surface area contributed by atoms with E-state index in [2.05, 4.69) is 196 Å². The fourth-order valence-electron chi connectivity index (χ4n) is 7.79. The van der Waals surface area contributed by atoms with Crippen molar-refractivity contribution < 1.29 is 0 Å². The van der Waals surface area contributed by atoms with Crippen LogP contribution in [0.4, 0.5) is 17.1 Å². The summed E-state index contributed by atoms with van der Waals surface area (Å²) in [6.45, 7) is 6.77. The van der Waals surface area contributed by atoms with Crippen LogP contribution >= 0.6 is 0 Å². The molecule has 0 aliphatic carbocycles. The molecule has 0 bridgehead atoms. The lowest BCUT2D eigenvalue weighted by atomic mass is 9.60. The number of hydrogen-bond acceptors (Lipinski definition) is 1. The van der Waals surface area contributed by atoms with Crippen molar-refractivity contribution in [3.63, 3.8) is 0 Å². The van der Waals surface area contributed by atoms with Crippen LogP contribution in [0.2, 0.25) is 0 Å². The molecular weight excluding hydrogens is 567 g/mol. The number of hydrogen-bond donors (Lipinski definition) is 0. The summed E-state index contributed by atoms with van der Waals surface area (Å²) in [5.41, 5.74) is 16.9. The number of anilines is 3. The Hall–Kier alpha value is -5.66. The molecule has 1 nitrogen and oxygen atoms in total. The highest BCUT2D eigenvalue weighted by molar-refractivity contribution is 5.92.